The Morgan fingerprint density at radius 3 is 2.71 bits per heavy atom. The second kappa shape index (κ2) is 6.41. The van der Waals surface area contributed by atoms with Crippen LogP contribution >= 0.6 is 24.8 Å². The van der Waals surface area contributed by atoms with Crippen molar-refractivity contribution >= 4 is 30.7 Å². The molecule has 1 amide bonds. The molecule has 2 aliphatic heterocycles. The maximum Gasteiger partial charge on any atom is 0.262 e. The Labute approximate surface area is 133 Å². The van der Waals surface area contributed by atoms with Crippen LogP contribution in [-0.2, 0) is 17.9 Å². The molecule has 1 fully saturated rings. The van der Waals surface area contributed by atoms with Gasteiger partial charge in [0.25, 0.3) is 5.92 Å². The lowest BCUT2D eigenvalue weighted by Gasteiger charge is -2.28. The summed E-state index contributed by atoms with van der Waals surface area (Å²) in [5, 5.41) is 6.79. The maximum absolute atomic E-state index is 13.1. The topological polar surface area (TPSA) is 63.1 Å². The van der Waals surface area contributed by atoms with Gasteiger partial charge >= 0.3 is 0 Å². The molecule has 3 rings (SSSR count). The number of amides is 1. The molecule has 1 atom stereocenters. The van der Waals surface area contributed by atoms with Gasteiger partial charge in [-0.1, -0.05) is 0 Å². The van der Waals surface area contributed by atoms with Gasteiger partial charge in [-0.15, -0.1) is 24.8 Å². The number of halogens is 4. The number of nitrogens with zero attached hydrogens (tertiary/aromatic N) is 4. The van der Waals surface area contributed by atoms with Crippen LogP contribution in [0.15, 0.2) is 0 Å². The van der Waals surface area contributed by atoms with E-state index in [0.717, 1.165) is 0 Å². The Morgan fingerprint density at radius 2 is 2.10 bits per heavy atom. The van der Waals surface area contributed by atoms with E-state index in [4.69, 9.17) is 0 Å². The Balaban J connectivity index is 0.00000110. The van der Waals surface area contributed by atoms with Gasteiger partial charge in [0.05, 0.1) is 25.7 Å². The molecule has 1 saturated heterocycles. The first kappa shape index (κ1) is 18.1. The van der Waals surface area contributed by atoms with Gasteiger partial charge in [-0.3, -0.25) is 10.1 Å². The van der Waals surface area contributed by atoms with E-state index in [1.54, 1.807) is 16.5 Å². The van der Waals surface area contributed by atoms with E-state index in [1.807, 2.05) is 0 Å². The minimum Gasteiger partial charge on any atom is -0.332 e. The SMILES string of the molecule is Cc1nc2n(n1)CCN(C(=O)C1CC(F)(F)CN1)C2.Cl.Cl. The van der Waals surface area contributed by atoms with E-state index < -0.39 is 24.9 Å². The monoisotopic (exact) mass is 343 g/mol. The van der Waals surface area contributed by atoms with Crippen LogP contribution in [0.4, 0.5) is 8.78 Å². The zero-order valence-corrected chi connectivity index (χ0v) is 13.0. The maximum atomic E-state index is 13.1. The number of hydrogen-bond acceptors (Lipinski definition) is 4. The van der Waals surface area contributed by atoms with E-state index in [1.165, 1.54) is 0 Å². The minimum absolute atomic E-state index is 0. The summed E-state index contributed by atoms with van der Waals surface area (Å²) in [4.78, 5) is 18.0. The van der Waals surface area contributed by atoms with Gasteiger partial charge in [-0.2, -0.15) is 5.10 Å². The lowest BCUT2D eigenvalue weighted by molar-refractivity contribution is -0.135. The summed E-state index contributed by atoms with van der Waals surface area (Å²) in [7, 11) is 0. The summed E-state index contributed by atoms with van der Waals surface area (Å²) in [5.41, 5.74) is 0. The van der Waals surface area contributed by atoms with Crippen molar-refractivity contribution < 1.29 is 13.6 Å². The highest BCUT2D eigenvalue weighted by Gasteiger charge is 2.43. The molecule has 2 aliphatic rings. The highest BCUT2D eigenvalue weighted by Crippen LogP contribution is 2.26. The average molecular weight is 344 g/mol. The van der Waals surface area contributed by atoms with Gasteiger partial charge in [-0.05, 0) is 6.92 Å². The van der Waals surface area contributed by atoms with E-state index in [9.17, 15) is 13.6 Å². The number of aryl methyl sites for hydroxylation is 1. The third kappa shape index (κ3) is 3.61. The zero-order chi connectivity index (χ0) is 13.6. The van der Waals surface area contributed by atoms with Gasteiger partial charge in [0.1, 0.15) is 11.6 Å². The number of fused-ring (bicyclic) bond motifs is 1. The molecule has 0 aromatic carbocycles. The predicted molar refractivity (Wildman–Crippen MR) is 76.0 cm³/mol. The molecular formula is C11H17Cl2F2N5O. The average Bonchev–Trinajstić information content (AvgIpc) is 2.88. The Hall–Kier alpha value is -0.990. The molecule has 1 N–H and O–H groups in total. The minimum atomic E-state index is -2.78. The fourth-order valence-corrected chi connectivity index (χ4v) is 2.56. The van der Waals surface area contributed by atoms with Crippen molar-refractivity contribution in [2.75, 3.05) is 13.1 Å². The molecule has 0 radical (unpaired) electrons. The Kier molecular flexibility index (Phi) is 5.51. The number of hydrogen-bond donors (Lipinski definition) is 1. The summed E-state index contributed by atoms with van der Waals surface area (Å²) in [6.45, 7) is 2.75. The number of alkyl halides is 2. The summed E-state index contributed by atoms with van der Waals surface area (Å²) in [5.74, 6) is -1.69. The van der Waals surface area contributed by atoms with Crippen LogP contribution in [0.25, 0.3) is 0 Å². The third-order valence-electron chi connectivity index (χ3n) is 3.49. The smallest absolute Gasteiger partial charge is 0.262 e. The summed E-state index contributed by atoms with van der Waals surface area (Å²) < 4.78 is 28.0. The number of carbonyl (C=O) groups excluding carboxylic acids is 1. The lowest BCUT2D eigenvalue weighted by Crippen LogP contribution is -2.46. The van der Waals surface area contributed by atoms with Crippen molar-refractivity contribution in [2.45, 2.75) is 38.4 Å². The summed E-state index contributed by atoms with van der Waals surface area (Å²) >= 11 is 0. The molecule has 3 heterocycles. The number of aromatic nitrogens is 3. The predicted octanol–water partition coefficient (Wildman–Crippen LogP) is 0.770. The molecule has 6 nitrogen and oxygen atoms in total. The van der Waals surface area contributed by atoms with Crippen LogP contribution in [0.2, 0.25) is 0 Å². The molecule has 120 valence electrons. The van der Waals surface area contributed by atoms with Crippen molar-refractivity contribution in [1.29, 1.82) is 0 Å². The van der Waals surface area contributed by atoms with Gasteiger partial charge in [0.15, 0.2) is 0 Å². The molecule has 0 bridgehead atoms. The highest BCUT2D eigenvalue weighted by molar-refractivity contribution is 5.85. The van der Waals surface area contributed by atoms with Crippen molar-refractivity contribution in [3.63, 3.8) is 0 Å². The van der Waals surface area contributed by atoms with Crippen LogP contribution < -0.4 is 5.32 Å². The molecule has 0 saturated carbocycles. The van der Waals surface area contributed by atoms with Crippen LogP contribution in [-0.4, -0.2) is 50.6 Å². The first-order chi connectivity index (χ1) is 8.94. The van der Waals surface area contributed by atoms with Crippen molar-refractivity contribution in [2.24, 2.45) is 0 Å². The molecule has 10 heteroatoms. The largest absolute Gasteiger partial charge is 0.332 e. The van der Waals surface area contributed by atoms with Gasteiger partial charge in [0, 0.05) is 13.0 Å². The molecule has 0 spiro atoms. The molecule has 21 heavy (non-hydrogen) atoms. The molecule has 1 unspecified atom stereocenters. The highest BCUT2D eigenvalue weighted by atomic mass is 35.5. The van der Waals surface area contributed by atoms with Crippen LogP contribution in [0.5, 0.6) is 0 Å². The Morgan fingerprint density at radius 1 is 1.38 bits per heavy atom. The van der Waals surface area contributed by atoms with E-state index in [2.05, 4.69) is 15.4 Å². The quantitative estimate of drug-likeness (QED) is 0.818. The van der Waals surface area contributed by atoms with Gasteiger partial charge < -0.3 is 4.90 Å². The van der Waals surface area contributed by atoms with Crippen LogP contribution in [0, 0.1) is 6.92 Å². The number of carbonyl (C=O) groups is 1. The van der Waals surface area contributed by atoms with Crippen molar-refractivity contribution in [3.05, 3.63) is 11.6 Å². The Bertz CT molecular complexity index is 525. The second-order valence-corrected chi connectivity index (χ2v) is 5.05. The first-order valence-electron chi connectivity index (χ1n) is 6.25. The van der Waals surface area contributed by atoms with E-state index >= 15 is 0 Å². The normalized spacial score (nSPS) is 23.0. The van der Waals surface area contributed by atoms with Gasteiger partial charge in [0.2, 0.25) is 5.91 Å². The summed E-state index contributed by atoms with van der Waals surface area (Å²) in [6.07, 6.45) is -0.423. The number of nitrogens with one attached hydrogen (secondary N) is 1. The lowest BCUT2D eigenvalue weighted by atomic mass is 10.1. The van der Waals surface area contributed by atoms with Crippen LogP contribution in [0.3, 0.4) is 0 Å². The zero-order valence-electron chi connectivity index (χ0n) is 11.4. The first-order valence-corrected chi connectivity index (χ1v) is 6.25. The second-order valence-electron chi connectivity index (χ2n) is 5.05. The fraction of sp³-hybridized carbons (Fsp3) is 0.727. The van der Waals surface area contributed by atoms with E-state index in [-0.39, 0.29) is 30.7 Å². The standard InChI is InChI=1S/C11H15F2N5O.2ClH/c1-7-15-9-5-17(2-3-18(9)16-7)10(19)8-4-11(12,13)6-14-8;;/h8,14H,2-6H2,1H3;2*1H. The fourth-order valence-electron chi connectivity index (χ4n) is 2.56. The van der Waals surface area contributed by atoms with Crippen molar-refractivity contribution in [1.82, 2.24) is 25.0 Å². The molecule has 0 aliphatic carbocycles. The number of rotatable bonds is 1. The molecular weight excluding hydrogens is 327 g/mol. The van der Waals surface area contributed by atoms with Crippen LogP contribution in [0.1, 0.15) is 18.1 Å². The molecule has 1 aromatic rings. The van der Waals surface area contributed by atoms with Crippen molar-refractivity contribution in [3.8, 4) is 0 Å². The summed E-state index contributed by atoms with van der Waals surface area (Å²) in [6, 6.07) is -0.787. The third-order valence-corrected chi connectivity index (χ3v) is 3.49. The van der Waals surface area contributed by atoms with Gasteiger partial charge in [-0.25, -0.2) is 18.4 Å². The molecule has 1 aromatic heterocycles. The van der Waals surface area contributed by atoms with E-state index in [0.29, 0.717) is 31.3 Å².